The molecule has 0 bridgehead atoms. The number of rotatable bonds is 4. The zero-order valence-electron chi connectivity index (χ0n) is 11.8. The van der Waals surface area contributed by atoms with E-state index >= 15 is 0 Å². The lowest BCUT2D eigenvalue weighted by atomic mass is 10.4. The van der Waals surface area contributed by atoms with Gasteiger partial charge in [-0.1, -0.05) is 17.8 Å². The first kappa shape index (κ1) is 16.0. The van der Waals surface area contributed by atoms with Crippen molar-refractivity contribution in [3.8, 4) is 10.8 Å². The molecule has 0 aliphatic carbocycles. The van der Waals surface area contributed by atoms with E-state index in [4.69, 9.17) is 4.42 Å². The molecule has 0 amide bonds. The van der Waals surface area contributed by atoms with Crippen LogP contribution in [0.3, 0.4) is 0 Å². The smallest absolute Gasteiger partial charge is 0.433 e. The van der Waals surface area contributed by atoms with Gasteiger partial charge in [-0.25, -0.2) is 15.0 Å². The van der Waals surface area contributed by atoms with Gasteiger partial charge in [0.15, 0.2) is 5.16 Å². The van der Waals surface area contributed by atoms with Gasteiger partial charge >= 0.3 is 6.18 Å². The summed E-state index contributed by atoms with van der Waals surface area (Å²) in [7, 11) is 0. The second-order valence-corrected chi connectivity index (χ2v) is 6.40. The third kappa shape index (κ3) is 3.73. The minimum atomic E-state index is -4.48. The third-order valence-electron chi connectivity index (χ3n) is 2.89. The summed E-state index contributed by atoms with van der Waals surface area (Å²) < 4.78 is 43.5. The summed E-state index contributed by atoms with van der Waals surface area (Å²) in [6.07, 6.45) is -3.38. The molecule has 3 aromatic heterocycles. The first-order valence-electron chi connectivity index (χ1n) is 6.46. The number of hydrogen-bond acceptors (Lipinski definition) is 6. The van der Waals surface area contributed by atoms with E-state index < -0.39 is 11.9 Å². The lowest BCUT2D eigenvalue weighted by Gasteiger charge is -2.06. The fourth-order valence-corrected chi connectivity index (χ4v) is 3.25. The molecule has 9 heteroatoms. The van der Waals surface area contributed by atoms with Gasteiger partial charge in [0.25, 0.3) is 0 Å². The van der Waals surface area contributed by atoms with E-state index in [-0.39, 0.29) is 5.16 Å². The zero-order chi connectivity index (χ0) is 16.4. The van der Waals surface area contributed by atoms with Crippen molar-refractivity contribution in [1.82, 2.24) is 15.0 Å². The highest BCUT2D eigenvalue weighted by molar-refractivity contribution is 7.98. The molecule has 0 saturated heterocycles. The summed E-state index contributed by atoms with van der Waals surface area (Å²) >= 11 is 2.59. The van der Waals surface area contributed by atoms with Crippen LogP contribution in [-0.2, 0) is 11.9 Å². The molecule has 3 rings (SSSR count). The van der Waals surface area contributed by atoms with E-state index in [0.29, 0.717) is 23.1 Å². The molecular formula is C14H10F3N3OS2. The molecule has 0 spiro atoms. The van der Waals surface area contributed by atoms with Gasteiger partial charge in [0.1, 0.15) is 11.5 Å². The molecule has 0 N–H and O–H groups in total. The van der Waals surface area contributed by atoms with E-state index in [9.17, 15) is 13.2 Å². The van der Waals surface area contributed by atoms with Crippen molar-refractivity contribution in [3.63, 3.8) is 0 Å². The molecule has 0 unspecified atom stereocenters. The molecule has 0 radical (unpaired) electrons. The number of oxazole rings is 1. The maximum Gasteiger partial charge on any atom is 0.433 e. The fourth-order valence-electron chi connectivity index (χ4n) is 1.77. The number of nitrogens with zero attached hydrogens (tertiary/aromatic N) is 3. The summed E-state index contributed by atoms with van der Waals surface area (Å²) in [6.45, 7) is 1.77. The van der Waals surface area contributed by atoms with Crippen LogP contribution >= 0.6 is 23.1 Å². The van der Waals surface area contributed by atoms with Crippen molar-refractivity contribution < 1.29 is 17.6 Å². The fraction of sp³-hybridized carbons (Fsp3) is 0.214. The highest BCUT2D eigenvalue weighted by Crippen LogP contribution is 2.31. The molecule has 3 heterocycles. The lowest BCUT2D eigenvalue weighted by molar-refractivity contribution is -0.141. The largest absolute Gasteiger partial charge is 0.440 e. The molecule has 0 aliphatic rings. The Balaban J connectivity index is 1.74. The van der Waals surface area contributed by atoms with Gasteiger partial charge in [-0.05, 0) is 24.4 Å². The summed E-state index contributed by atoms with van der Waals surface area (Å²) in [4.78, 5) is 12.7. The van der Waals surface area contributed by atoms with Crippen LogP contribution in [-0.4, -0.2) is 15.0 Å². The summed E-state index contributed by atoms with van der Waals surface area (Å²) in [5, 5.41) is 1.97. The van der Waals surface area contributed by atoms with Crippen LogP contribution in [0.25, 0.3) is 10.8 Å². The third-order valence-corrected chi connectivity index (χ3v) is 4.62. The first-order valence-corrected chi connectivity index (χ1v) is 8.33. The number of thioether (sulfide) groups is 1. The minimum absolute atomic E-state index is 0.0555. The van der Waals surface area contributed by atoms with Crippen molar-refractivity contribution in [3.05, 3.63) is 46.9 Å². The van der Waals surface area contributed by atoms with Crippen molar-refractivity contribution in [2.24, 2.45) is 0 Å². The maximum atomic E-state index is 12.6. The van der Waals surface area contributed by atoms with E-state index in [1.165, 1.54) is 11.3 Å². The maximum absolute atomic E-state index is 12.6. The number of aromatic nitrogens is 3. The Labute approximate surface area is 137 Å². The van der Waals surface area contributed by atoms with E-state index in [1.54, 1.807) is 6.92 Å². The number of halogens is 3. The molecule has 3 aromatic rings. The predicted octanol–water partition coefficient (Wildman–Crippen LogP) is 4.81. The van der Waals surface area contributed by atoms with Gasteiger partial charge < -0.3 is 4.42 Å². The molecule has 120 valence electrons. The van der Waals surface area contributed by atoms with Gasteiger partial charge in [-0.2, -0.15) is 13.2 Å². The normalized spacial score (nSPS) is 11.8. The molecule has 0 atom stereocenters. The average molecular weight is 357 g/mol. The Morgan fingerprint density at radius 1 is 1.26 bits per heavy atom. The standard InChI is InChI=1S/C14H10F3N3OS2/c1-8-9(19-12(21-8)10-3-2-6-22-10)7-23-13-18-5-4-11(20-13)14(15,16)17/h2-6H,7H2,1H3. The van der Waals surface area contributed by atoms with E-state index in [2.05, 4.69) is 15.0 Å². The van der Waals surface area contributed by atoms with Gasteiger partial charge in [0.05, 0.1) is 10.6 Å². The Morgan fingerprint density at radius 3 is 2.78 bits per heavy atom. The van der Waals surface area contributed by atoms with Crippen LogP contribution in [0.15, 0.2) is 39.3 Å². The number of alkyl halides is 3. The monoisotopic (exact) mass is 357 g/mol. The zero-order valence-corrected chi connectivity index (χ0v) is 13.4. The van der Waals surface area contributed by atoms with Crippen molar-refractivity contribution in [1.29, 1.82) is 0 Å². The Bertz CT molecular complexity index is 800. The lowest BCUT2D eigenvalue weighted by Crippen LogP contribution is -2.08. The Kier molecular flexibility index (Phi) is 4.40. The topological polar surface area (TPSA) is 51.8 Å². The molecule has 0 aliphatic heterocycles. The van der Waals surface area contributed by atoms with Crippen LogP contribution in [0.2, 0.25) is 0 Å². The molecule has 0 saturated carbocycles. The highest BCUT2D eigenvalue weighted by Gasteiger charge is 2.32. The van der Waals surface area contributed by atoms with Gasteiger partial charge in [0, 0.05) is 11.9 Å². The van der Waals surface area contributed by atoms with Crippen LogP contribution in [0.1, 0.15) is 17.1 Å². The second kappa shape index (κ2) is 6.32. The number of thiophene rings is 1. The van der Waals surface area contributed by atoms with Crippen molar-refractivity contribution in [2.75, 3.05) is 0 Å². The van der Waals surface area contributed by atoms with Crippen molar-refractivity contribution >= 4 is 23.1 Å². The first-order chi connectivity index (χ1) is 10.9. The summed E-state index contributed by atoms with van der Waals surface area (Å²) in [5.74, 6) is 1.48. The quantitative estimate of drug-likeness (QED) is 0.495. The van der Waals surface area contributed by atoms with Gasteiger partial charge in [-0.15, -0.1) is 11.3 Å². The van der Waals surface area contributed by atoms with Crippen LogP contribution in [0.5, 0.6) is 0 Å². The molecule has 0 fully saturated rings. The minimum Gasteiger partial charge on any atom is -0.440 e. The van der Waals surface area contributed by atoms with Gasteiger partial charge in [-0.3, -0.25) is 0 Å². The van der Waals surface area contributed by atoms with Crippen LogP contribution in [0, 0.1) is 6.92 Å². The number of hydrogen-bond donors (Lipinski definition) is 0. The second-order valence-electron chi connectivity index (χ2n) is 4.51. The summed E-state index contributed by atoms with van der Waals surface area (Å²) in [6, 6.07) is 4.63. The van der Waals surface area contributed by atoms with Crippen LogP contribution < -0.4 is 0 Å². The Hall–Kier alpha value is -1.87. The molecule has 0 aromatic carbocycles. The number of aryl methyl sites for hydroxylation is 1. The van der Waals surface area contributed by atoms with E-state index in [1.807, 2.05) is 17.5 Å². The predicted molar refractivity (Wildman–Crippen MR) is 81.1 cm³/mol. The SMILES string of the molecule is Cc1oc(-c2cccs2)nc1CSc1nccc(C(F)(F)F)n1. The Morgan fingerprint density at radius 2 is 2.09 bits per heavy atom. The molecule has 23 heavy (non-hydrogen) atoms. The highest BCUT2D eigenvalue weighted by atomic mass is 32.2. The summed E-state index contributed by atoms with van der Waals surface area (Å²) in [5.41, 5.74) is -0.287. The van der Waals surface area contributed by atoms with E-state index in [0.717, 1.165) is 28.9 Å². The molecule has 4 nitrogen and oxygen atoms in total. The van der Waals surface area contributed by atoms with Gasteiger partial charge in [0.2, 0.25) is 5.89 Å². The van der Waals surface area contributed by atoms with Crippen LogP contribution in [0.4, 0.5) is 13.2 Å². The molecular weight excluding hydrogens is 347 g/mol. The average Bonchev–Trinajstić information content (AvgIpc) is 3.14. The van der Waals surface area contributed by atoms with Crippen molar-refractivity contribution in [2.45, 2.75) is 24.0 Å².